The average Bonchev–Trinajstić information content (AvgIpc) is 2.47. The molecule has 0 aliphatic rings. The Morgan fingerprint density at radius 2 is 1.90 bits per heavy atom. The zero-order valence-corrected chi connectivity index (χ0v) is 13.0. The van der Waals surface area contributed by atoms with Gasteiger partial charge in [0.05, 0.1) is 12.6 Å². The van der Waals surface area contributed by atoms with Crippen molar-refractivity contribution in [3.8, 4) is 5.75 Å². The molecule has 2 nitrogen and oxygen atoms in total. The highest BCUT2D eigenvalue weighted by atomic mass is 35.5. The van der Waals surface area contributed by atoms with Crippen LogP contribution in [-0.4, -0.2) is 13.2 Å². The van der Waals surface area contributed by atoms with Crippen molar-refractivity contribution in [2.24, 2.45) is 0 Å². The van der Waals surface area contributed by atoms with E-state index in [0.29, 0.717) is 23.7 Å². The first kappa shape index (κ1) is 15.8. The lowest BCUT2D eigenvalue weighted by molar-refractivity contribution is 0.333. The summed E-state index contributed by atoms with van der Waals surface area (Å²) >= 11 is 6.22. The third-order valence-electron chi connectivity index (χ3n) is 3.23. The Morgan fingerprint density at radius 1 is 1.14 bits per heavy atom. The SMILES string of the molecule is CCNC(c1ccccc1OCC)c1c(F)cccc1Cl. The highest BCUT2D eigenvalue weighted by Crippen LogP contribution is 2.35. The number of nitrogens with one attached hydrogen (secondary N) is 1. The summed E-state index contributed by atoms with van der Waals surface area (Å²) in [5, 5.41) is 3.70. The lowest BCUT2D eigenvalue weighted by atomic mass is 9.97. The topological polar surface area (TPSA) is 21.3 Å². The molecule has 0 amide bonds. The number of benzene rings is 2. The van der Waals surface area contributed by atoms with E-state index in [1.54, 1.807) is 12.1 Å². The summed E-state index contributed by atoms with van der Waals surface area (Å²) in [7, 11) is 0. The van der Waals surface area contributed by atoms with E-state index in [1.165, 1.54) is 6.07 Å². The van der Waals surface area contributed by atoms with Crippen molar-refractivity contribution in [3.63, 3.8) is 0 Å². The van der Waals surface area contributed by atoms with Crippen LogP contribution < -0.4 is 10.1 Å². The van der Waals surface area contributed by atoms with Gasteiger partial charge in [0.15, 0.2) is 0 Å². The molecule has 21 heavy (non-hydrogen) atoms. The van der Waals surface area contributed by atoms with E-state index in [0.717, 1.165) is 11.3 Å². The Morgan fingerprint density at radius 3 is 2.57 bits per heavy atom. The first-order valence-electron chi connectivity index (χ1n) is 7.08. The summed E-state index contributed by atoms with van der Waals surface area (Å²) in [6.07, 6.45) is 0. The van der Waals surface area contributed by atoms with E-state index in [9.17, 15) is 4.39 Å². The second-order valence-corrected chi connectivity index (χ2v) is 5.00. The predicted molar refractivity (Wildman–Crippen MR) is 84.5 cm³/mol. The molecule has 0 heterocycles. The molecule has 0 spiro atoms. The number of halogens is 2. The van der Waals surface area contributed by atoms with E-state index in [4.69, 9.17) is 16.3 Å². The molecule has 0 radical (unpaired) electrons. The largest absolute Gasteiger partial charge is 0.494 e. The number of ether oxygens (including phenoxy) is 1. The monoisotopic (exact) mass is 307 g/mol. The van der Waals surface area contributed by atoms with Crippen LogP contribution >= 0.6 is 11.6 Å². The quantitative estimate of drug-likeness (QED) is 0.843. The van der Waals surface area contributed by atoms with Gasteiger partial charge in [0.1, 0.15) is 11.6 Å². The zero-order chi connectivity index (χ0) is 15.2. The van der Waals surface area contributed by atoms with Gasteiger partial charge in [0.25, 0.3) is 0 Å². The molecule has 0 saturated carbocycles. The molecule has 1 N–H and O–H groups in total. The van der Waals surface area contributed by atoms with Crippen LogP contribution in [0.2, 0.25) is 5.02 Å². The fraction of sp³-hybridized carbons (Fsp3) is 0.294. The minimum absolute atomic E-state index is 0.320. The summed E-state index contributed by atoms with van der Waals surface area (Å²) in [4.78, 5) is 0. The Labute approximate surface area is 129 Å². The second kappa shape index (κ2) is 7.43. The highest BCUT2D eigenvalue weighted by molar-refractivity contribution is 6.31. The zero-order valence-electron chi connectivity index (χ0n) is 12.2. The maximum Gasteiger partial charge on any atom is 0.129 e. The van der Waals surface area contributed by atoms with Crippen molar-refractivity contribution < 1.29 is 9.13 Å². The second-order valence-electron chi connectivity index (χ2n) is 4.60. The molecule has 0 bridgehead atoms. The van der Waals surface area contributed by atoms with E-state index in [-0.39, 0.29) is 11.9 Å². The smallest absolute Gasteiger partial charge is 0.129 e. The van der Waals surface area contributed by atoms with Gasteiger partial charge in [-0.15, -0.1) is 0 Å². The molecule has 0 aliphatic heterocycles. The molecule has 0 saturated heterocycles. The van der Waals surface area contributed by atoms with Crippen molar-refractivity contribution in [1.29, 1.82) is 0 Å². The third-order valence-corrected chi connectivity index (χ3v) is 3.56. The normalized spacial score (nSPS) is 12.2. The fourth-order valence-electron chi connectivity index (χ4n) is 2.36. The van der Waals surface area contributed by atoms with Crippen LogP contribution in [0.4, 0.5) is 4.39 Å². The maximum atomic E-state index is 14.3. The van der Waals surface area contributed by atoms with Crippen LogP contribution in [0, 0.1) is 5.82 Å². The highest BCUT2D eigenvalue weighted by Gasteiger charge is 2.22. The Kier molecular flexibility index (Phi) is 5.59. The lowest BCUT2D eigenvalue weighted by Gasteiger charge is -2.23. The number of para-hydroxylation sites is 1. The van der Waals surface area contributed by atoms with E-state index in [2.05, 4.69) is 5.32 Å². The summed E-state index contributed by atoms with van der Waals surface area (Å²) in [5.41, 5.74) is 1.33. The summed E-state index contributed by atoms with van der Waals surface area (Å²) < 4.78 is 19.9. The summed E-state index contributed by atoms with van der Waals surface area (Å²) in [6, 6.07) is 12.0. The molecule has 0 aromatic heterocycles. The molecule has 1 unspecified atom stereocenters. The molecular formula is C17H19ClFNO. The number of rotatable bonds is 6. The van der Waals surface area contributed by atoms with Gasteiger partial charge in [-0.3, -0.25) is 0 Å². The van der Waals surface area contributed by atoms with Crippen molar-refractivity contribution in [3.05, 3.63) is 64.4 Å². The molecule has 1 atom stereocenters. The molecule has 2 aromatic carbocycles. The van der Waals surface area contributed by atoms with Gasteiger partial charge in [-0.25, -0.2) is 4.39 Å². The number of hydrogen-bond acceptors (Lipinski definition) is 2. The van der Waals surface area contributed by atoms with Gasteiger partial charge in [-0.1, -0.05) is 42.8 Å². The van der Waals surface area contributed by atoms with Crippen LogP contribution in [-0.2, 0) is 0 Å². The van der Waals surface area contributed by atoms with Crippen molar-refractivity contribution in [2.75, 3.05) is 13.2 Å². The van der Waals surface area contributed by atoms with Gasteiger partial charge in [0.2, 0.25) is 0 Å². The molecule has 0 aliphatic carbocycles. The first-order chi connectivity index (χ1) is 10.2. The van der Waals surface area contributed by atoms with Gasteiger partial charge < -0.3 is 10.1 Å². The van der Waals surface area contributed by atoms with Gasteiger partial charge in [-0.05, 0) is 31.7 Å². The van der Waals surface area contributed by atoms with Crippen molar-refractivity contribution in [1.82, 2.24) is 5.32 Å². The van der Waals surface area contributed by atoms with Crippen molar-refractivity contribution >= 4 is 11.6 Å². The Hall–Kier alpha value is -1.58. The Balaban J connectivity index is 2.54. The maximum absolute atomic E-state index is 14.3. The molecule has 2 aromatic rings. The third kappa shape index (κ3) is 3.55. The van der Waals surface area contributed by atoms with Gasteiger partial charge >= 0.3 is 0 Å². The molecule has 4 heteroatoms. The van der Waals surface area contributed by atoms with Crippen molar-refractivity contribution in [2.45, 2.75) is 19.9 Å². The van der Waals surface area contributed by atoms with Crippen LogP contribution in [0.1, 0.15) is 31.0 Å². The van der Waals surface area contributed by atoms with Crippen LogP contribution in [0.3, 0.4) is 0 Å². The minimum Gasteiger partial charge on any atom is -0.494 e. The number of hydrogen-bond donors (Lipinski definition) is 1. The van der Waals surface area contributed by atoms with E-state index in [1.807, 2.05) is 38.1 Å². The van der Waals surface area contributed by atoms with E-state index >= 15 is 0 Å². The Bertz CT molecular complexity index is 583. The van der Waals surface area contributed by atoms with Crippen LogP contribution in [0.25, 0.3) is 0 Å². The summed E-state index contributed by atoms with van der Waals surface area (Å²) in [6.45, 7) is 5.15. The van der Waals surface area contributed by atoms with E-state index < -0.39 is 0 Å². The van der Waals surface area contributed by atoms with Gasteiger partial charge in [-0.2, -0.15) is 0 Å². The van der Waals surface area contributed by atoms with Crippen LogP contribution in [0.15, 0.2) is 42.5 Å². The first-order valence-corrected chi connectivity index (χ1v) is 7.45. The summed E-state index contributed by atoms with van der Waals surface area (Å²) in [5.74, 6) is 0.421. The van der Waals surface area contributed by atoms with Gasteiger partial charge in [0, 0.05) is 16.1 Å². The fourth-order valence-corrected chi connectivity index (χ4v) is 2.64. The predicted octanol–water partition coefficient (Wildman–Crippen LogP) is 4.58. The van der Waals surface area contributed by atoms with Crippen LogP contribution in [0.5, 0.6) is 5.75 Å². The molecule has 2 rings (SSSR count). The minimum atomic E-state index is -0.341. The molecule has 0 fully saturated rings. The standard InChI is InChI=1S/C17H19ClFNO/c1-3-20-17(16-13(18)9-7-10-14(16)19)12-8-5-6-11-15(12)21-4-2/h5-11,17,20H,3-4H2,1-2H3. The molecule has 112 valence electrons. The lowest BCUT2D eigenvalue weighted by Crippen LogP contribution is -2.24. The average molecular weight is 308 g/mol. The molecular weight excluding hydrogens is 289 g/mol.